The van der Waals surface area contributed by atoms with E-state index in [0.717, 1.165) is 31.2 Å². The first-order valence-electron chi connectivity index (χ1n) is 8.83. The predicted octanol–water partition coefficient (Wildman–Crippen LogP) is 4.46. The maximum atomic E-state index is 13.3. The van der Waals surface area contributed by atoms with Gasteiger partial charge in [-0.25, -0.2) is 4.39 Å². The average Bonchev–Trinajstić information content (AvgIpc) is 3.13. The molecule has 0 radical (unpaired) electrons. The third kappa shape index (κ3) is 3.47. The molecule has 1 atom stereocenters. The Morgan fingerprint density at radius 1 is 1.04 bits per heavy atom. The van der Waals surface area contributed by atoms with Crippen molar-refractivity contribution < 1.29 is 19.1 Å². The highest BCUT2D eigenvalue weighted by molar-refractivity contribution is 5.99. The Hall–Kier alpha value is -2.69. The van der Waals surface area contributed by atoms with Gasteiger partial charge in [-0.3, -0.25) is 9.59 Å². The van der Waals surface area contributed by atoms with E-state index in [1.54, 1.807) is 43.3 Å². The lowest BCUT2D eigenvalue weighted by Crippen LogP contribution is -2.38. The van der Waals surface area contributed by atoms with E-state index in [0.29, 0.717) is 11.3 Å². The van der Waals surface area contributed by atoms with Crippen LogP contribution in [0, 0.1) is 5.82 Å². The van der Waals surface area contributed by atoms with Crippen molar-refractivity contribution in [3.63, 3.8) is 0 Å². The molecule has 1 unspecified atom stereocenters. The van der Waals surface area contributed by atoms with E-state index in [9.17, 15) is 14.0 Å². The van der Waals surface area contributed by atoms with Crippen LogP contribution in [0.2, 0.25) is 0 Å². The van der Waals surface area contributed by atoms with Crippen LogP contribution in [0.25, 0.3) is 0 Å². The van der Waals surface area contributed by atoms with Gasteiger partial charge in [-0.15, -0.1) is 0 Å². The van der Waals surface area contributed by atoms with E-state index < -0.39 is 17.3 Å². The Bertz CT molecular complexity index is 793. The summed E-state index contributed by atoms with van der Waals surface area (Å²) in [4.78, 5) is 24.1. The third-order valence-corrected chi connectivity index (χ3v) is 5.33. The molecule has 0 bridgehead atoms. The number of carboxylic acids is 1. The van der Waals surface area contributed by atoms with Crippen molar-refractivity contribution in [3.05, 3.63) is 65.5 Å². The molecule has 1 fully saturated rings. The van der Waals surface area contributed by atoms with Gasteiger partial charge >= 0.3 is 5.97 Å². The maximum absolute atomic E-state index is 13.3. The molecule has 0 saturated heterocycles. The number of halogens is 1. The molecule has 0 aromatic heterocycles. The van der Waals surface area contributed by atoms with Crippen molar-refractivity contribution in [2.24, 2.45) is 0 Å². The highest BCUT2D eigenvalue weighted by atomic mass is 19.1. The molecule has 1 aliphatic carbocycles. The molecule has 2 aromatic rings. The van der Waals surface area contributed by atoms with Crippen molar-refractivity contribution in [1.29, 1.82) is 0 Å². The Kier molecular flexibility index (Phi) is 5.07. The van der Waals surface area contributed by atoms with Gasteiger partial charge < -0.3 is 10.4 Å². The second kappa shape index (κ2) is 7.28. The van der Waals surface area contributed by atoms with Gasteiger partial charge in [0.1, 0.15) is 5.82 Å². The highest BCUT2D eigenvalue weighted by Crippen LogP contribution is 2.42. The molecule has 2 N–H and O–H groups in total. The number of hydrogen-bond donors (Lipinski definition) is 2. The molecule has 0 spiro atoms. The molecule has 1 amide bonds. The summed E-state index contributed by atoms with van der Waals surface area (Å²) in [6.45, 7) is 1.62. The Labute approximate surface area is 152 Å². The van der Waals surface area contributed by atoms with Crippen molar-refractivity contribution in [1.82, 2.24) is 0 Å². The van der Waals surface area contributed by atoms with Crippen molar-refractivity contribution in [2.75, 3.05) is 5.32 Å². The number of carbonyl (C=O) groups is 2. The number of anilines is 1. The van der Waals surface area contributed by atoms with Crippen LogP contribution in [0.4, 0.5) is 10.1 Å². The maximum Gasteiger partial charge on any atom is 0.310 e. The zero-order valence-electron chi connectivity index (χ0n) is 14.7. The minimum Gasteiger partial charge on any atom is -0.481 e. The molecule has 26 heavy (non-hydrogen) atoms. The van der Waals surface area contributed by atoms with Gasteiger partial charge in [0, 0.05) is 5.69 Å². The predicted molar refractivity (Wildman–Crippen MR) is 97.7 cm³/mol. The van der Waals surface area contributed by atoms with E-state index in [-0.39, 0.29) is 11.7 Å². The minimum absolute atomic E-state index is 0.0966. The Balaban J connectivity index is 1.81. The summed E-state index contributed by atoms with van der Waals surface area (Å²) in [6.07, 6.45) is 3.39. The summed E-state index contributed by atoms with van der Waals surface area (Å²) in [6, 6.07) is 13.0. The van der Waals surface area contributed by atoms with Crippen LogP contribution < -0.4 is 5.32 Å². The van der Waals surface area contributed by atoms with Gasteiger partial charge in [-0.1, -0.05) is 37.1 Å². The molecular formula is C21H22FNO3. The average molecular weight is 355 g/mol. The second-order valence-electron chi connectivity index (χ2n) is 6.93. The molecule has 3 rings (SSSR count). The van der Waals surface area contributed by atoms with Crippen LogP contribution in [0.15, 0.2) is 48.5 Å². The first-order valence-corrected chi connectivity index (χ1v) is 8.83. The quantitative estimate of drug-likeness (QED) is 0.832. The van der Waals surface area contributed by atoms with Crippen LogP contribution >= 0.6 is 0 Å². The summed E-state index contributed by atoms with van der Waals surface area (Å²) in [5, 5.41) is 12.0. The molecule has 5 heteroatoms. The van der Waals surface area contributed by atoms with Gasteiger partial charge in [0.05, 0.1) is 11.3 Å². The fourth-order valence-electron chi connectivity index (χ4n) is 3.64. The SMILES string of the molecule is CC(C(=O)O)c1ccc(NC(=O)C2(c3ccc(F)cc3)CCCC2)cc1. The normalized spacial score (nSPS) is 16.8. The number of nitrogens with one attached hydrogen (secondary N) is 1. The van der Waals surface area contributed by atoms with Gasteiger partial charge in [0.25, 0.3) is 0 Å². The van der Waals surface area contributed by atoms with Gasteiger partial charge in [0.2, 0.25) is 5.91 Å². The van der Waals surface area contributed by atoms with Crippen LogP contribution in [0.3, 0.4) is 0 Å². The minimum atomic E-state index is -0.886. The van der Waals surface area contributed by atoms with E-state index >= 15 is 0 Å². The number of carbonyl (C=O) groups excluding carboxylic acids is 1. The van der Waals surface area contributed by atoms with Crippen molar-refractivity contribution in [2.45, 2.75) is 43.9 Å². The second-order valence-corrected chi connectivity index (χ2v) is 6.93. The summed E-state index contributed by atoms with van der Waals surface area (Å²) in [5.74, 6) is -1.89. The summed E-state index contributed by atoms with van der Waals surface area (Å²) in [7, 11) is 0. The van der Waals surface area contributed by atoms with Crippen LogP contribution in [-0.4, -0.2) is 17.0 Å². The highest BCUT2D eigenvalue weighted by Gasteiger charge is 2.42. The molecule has 1 aliphatic rings. The zero-order valence-corrected chi connectivity index (χ0v) is 14.7. The lowest BCUT2D eigenvalue weighted by Gasteiger charge is -2.28. The van der Waals surface area contributed by atoms with Crippen LogP contribution in [0.1, 0.15) is 49.7 Å². The van der Waals surface area contributed by atoms with Gasteiger partial charge in [-0.2, -0.15) is 0 Å². The summed E-state index contributed by atoms with van der Waals surface area (Å²) >= 11 is 0. The fourth-order valence-corrected chi connectivity index (χ4v) is 3.64. The molecule has 1 saturated carbocycles. The smallest absolute Gasteiger partial charge is 0.310 e. The summed E-state index contributed by atoms with van der Waals surface area (Å²) < 4.78 is 13.3. The Morgan fingerprint density at radius 3 is 2.15 bits per heavy atom. The topological polar surface area (TPSA) is 66.4 Å². The number of carboxylic acid groups (broad SMARTS) is 1. The lowest BCUT2D eigenvalue weighted by atomic mass is 9.78. The van der Waals surface area contributed by atoms with E-state index in [1.165, 1.54) is 12.1 Å². The van der Waals surface area contributed by atoms with E-state index in [4.69, 9.17) is 5.11 Å². The molecule has 4 nitrogen and oxygen atoms in total. The zero-order chi connectivity index (χ0) is 18.7. The number of rotatable bonds is 5. The standard InChI is InChI=1S/C21H22FNO3/c1-14(19(24)25)15-4-10-18(11-5-15)23-20(26)21(12-2-3-13-21)16-6-8-17(22)9-7-16/h4-11,14H,2-3,12-13H2,1H3,(H,23,26)(H,24,25). The fraction of sp³-hybridized carbons (Fsp3) is 0.333. The molecule has 136 valence electrons. The Morgan fingerprint density at radius 2 is 1.62 bits per heavy atom. The monoisotopic (exact) mass is 355 g/mol. The number of hydrogen-bond acceptors (Lipinski definition) is 2. The first kappa shape index (κ1) is 18.1. The van der Waals surface area contributed by atoms with Crippen LogP contribution in [-0.2, 0) is 15.0 Å². The first-order chi connectivity index (χ1) is 12.4. The van der Waals surface area contributed by atoms with Crippen molar-refractivity contribution in [3.8, 4) is 0 Å². The number of benzene rings is 2. The third-order valence-electron chi connectivity index (χ3n) is 5.33. The molecule has 0 aliphatic heterocycles. The lowest BCUT2D eigenvalue weighted by molar-refractivity contribution is -0.138. The van der Waals surface area contributed by atoms with E-state index in [1.807, 2.05) is 0 Å². The summed E-state index contributed by atoms with van der Waals surface area (Å²) in [5.41, 5.74) is 1.51. The van der Waals surface area contributed by atoms with Crippen molar-refractivity contribution >= 4 is 17.6 Å². The molecule has 0 heterocycles. The van der Waals surface area contributed by atoms with Gasteiger partial charge in [0.15, 0.2) is 0 Å². The number of aliphatic carboxylic acids is 1. The van der Waals surface area contributed by atoms with Crippen LogP contribution in [0.5, 0.6) is 0 Å². The largest absolute Gasteiger partial charge is 0.481 e. The molecule has 2 aromatic carbocycles. The van der Waals surface area contributed by atoms with E-state index in [2.05, 4.69) is 5.32 Å². The number of amides is 1. The van der Waals surface area contributed by atoms with Gasteiger partial charge in [-0.05, 0) is 55.2 Å². The molecular weight excluding hydrogens is 333 g/mol.